The molecule has 0 fully saturated rings. The Labute approximate surface area is 133 Å². The zero-order chi connectivity index (χ0) is 16.3. The number of halogens is 1. The molecule has 22 heavy (non-hydrogen) atoms. The molecule has 0 aliphatic rings. The number of aliphatic carboxylic acids is 1. The Kier molecular flexibility index (Phi) is 4.68. The minimum atomic E-state index is -3.28. The summed E-state index contributed by atoms with van der Waals surface area (Å²) in [5.41, 5.74) is 1.02. The van der Waals surface area contributed by atoms with E-state index in [-0.39, 0.29) is 10.5 Å². The van der Waals surface area contributed by atoms with Gasteiger partial charge in [-0.2, -0.15) is 0 Å². The number of carboxylic acid groups (broad SMARTS) is 1. The summed E-state index contributed by atoms with van der Waals surface area (Å²) in [6.45, 7) is 0. The van der Waals surface area contributed by atoms with Gasteiger partial charge in [0.15, 0.2) is 9.84 Å². The first-order valence-corrected chi connectivity index (χ1v) is 8.56. The van der Waals surface area contributed by atoms with Gasteiger partial charge in [0, 0.05) is 16.8 Å². The Bertz CT molecular complexity index is 837. The highest BCUT2D eigenvalue weighted by Crippen LogP contribution is 2.26. The van der Waals surface area contributed by atoms with Gasteiger partial charge < -0.3 is 5.11 Å². The van der Waals surface area contributed by atoms with Crippen LogP contribution in [-0.4, -0.2) is 25.7 Å². The van der Waals surface area contributed by atoms with E-state index in [9.17, 15) is 18.3 Å². The molecule has 6 heteroatoms. The average molecular weight is 337 g/mol. The first-order chi connectivity index (χ1) is 10.3. The number of hydrogen-bond acceptors (Lipinski definition) is 3. The van der Waals surface area contributed by atoms with Gasteiger partial charge in [0.05, 0.1) is 10.5 Å². The van der Waals surface area contributed by atoms with Crippen LogP contribution in [0.2, 0.25) is 5.02 Å². The van der Waals surface area contributed by atoms with Crippen molar-refractivity contribution in [2.24, 2.45) is 0 Å². The molecule has 0 saturated heterocycles. The Morgan fingerprint density at radius 1 is 1.09 bits per heavy atom. The summed E-state index contributed by atoms with van der Waals surface area (Å²) in [5, 5.41) is 9.71. The number of rotatable bonds is 4. The normalized spacial score (nSPS) is 12.2. The second kappa shape index (κ2) is 6.34. The standard InChI is InChI=1S/C16H13ClO4S/c1-22(20,21)12-8-6-11(7-9-12)10-14(16(18)19)13-4-2-3-5-15(13)17/h2-10H,1H3,(H,18,19). The monoisotopic (exact) mass is 336 g/mol. The van der Waals surface area contributed by atoms with Gasteiger partial charge in [0.2, 0.25) is 0 Å². The van der Waals surface area contributed by atoms with Crippen molar-refractivity contribution in [2.75, 3.05) is 6.26 Å². The molecule has 0 radical (unpaired) electrons. The molecule has 0 atom stereocenters. The fourth-order valence-corrected chi connectivity index (χ4v) is 2.78. The fraction of sp³-hybridized carbons (Fsp3) is 0.0625. The smallest absolute Gasteiger partial charge is 0.336 e. The topological polar surface area (TPSA) is 71.4 Å². The van der Waals surface area contributed by atoms with E-state index < -0.39 is 15.8 Å². The number of carbonyl (C=O) groups is 1. The van der Waals surface area contributed by atoms with Crippen LogP contribution in [-0.2, 0) is 14.6 Å². The van der Waals surface area contributed by atoms with Crippen molar-refractivity contribution < 1.29 is 18.3 Å². The van der Waals surface area contributed by atoms with Crippen LogP contribution in [0.4, 0.5) is 0 Å². The second-order valence-corrected chi connectivity index (χ2v) is 7.11. The van der Waals surface area contributed by atoms with E-state index in [0.717, 1.165) is 6.26 Å². The van der Waals surface area contributed by atoms with E-state index in [1.54, 1.807) is 36.4 Å². The van der Waals surface area contributed by atoms with Crippen LogP contribution < -0.4 is 0 Å². The summed E-state index contributed by atoms with van der Waals surface area (Å²) in [6, 6.07) is 12.6. The third-order valence-corrected chi connectivity index (χ3v) is 4.47. The molecule has 1 N–H and O–H groups in total. The predicted octanol–water partition coefficient (Wildman–Crippen LogP) is 3.37. The lowest BCUT2D eigenvalue weighted by Crippen LogP contribution is -2.00. The zero-order valence-electron chi connectivity index (χ0n) is 11.7. The van der Waals surface area contributed by atoms with Crippen molar-refractivity contribution in [3.63, 3.8) is 0 Å². The molecule has 2 aromatic carbocycles. The molecule has 2 aromatic rings. The van der Waals surface area contributed by atoms with Crippen LogP contribution in [0.1, 0.15) is 11.1 Å². The molecule has 4 nitrogen and oxygen atoms in total. The maximum atomic E-state index is 11.5. The molecule has 0 aliphatic carbocycles. The van der Waals surface area contributed by atoms with Gasteiger partial charge in [-0.25, -0.2) is 13.2 Å². The summed E-state index contributed by atoms with van der Waals surface area (Å²) < 4.78 is 22.8. The highest BCUT2D eigenvalue weighted by molar-refractivity contribution is 7.90. The molecular weight excluding hydrogens is 324 g/mol. The van der Waals surface area contributed by atoms with Crippen LogP contribution in [0.5, 0.6) is 0 Å². The summed E-state index contributed by atoms with van der Waals surface area (Å²) in [6.07, 6.45) is 2.57. The molecular formula is C16H13ClO4S. The Hall–Kier alpha value is -2.11. The van der Waals surface area contributed by atoms with Crippen molar-refractivity contribution in [1.29, 1.82) is 0 Å². The molecule has 0 unspecified atom stereocenters. The Morgan fingerprint density at radius 3 is 2.18 bits per heavy atom. The van der Waals surface area contributed by atoms with Crippen molar-refractivity contribution in [2.45, 2.75) is 4.90 Å². The molecule has 2 rings (SSSR count). The summed E-state index contributed by atoms with van der Waals surface area (Å²) in [5.74, 6) is -1.11. The highest BCUT2D eigenvalue weighted by atomic mass is 35.5. The first-order valence-electron chi connectivity index (χ1n) is 6.29. The maximum absolute atomic E-state index is 11.5. The summed E-state index contributed by atoms with van der Waals surface area (Å²) >= 11 is 6.03. The lowest BCUT2D eigenvalue weighted by Gasteiger charge is -2.06. The third kappa shape index (κ3) is 3.75. The molecule has 0 spiro atoms. The number of carboxylic acids is 1. The lowest BCUT2D eigenvalue weighted by molar-refractivity contribution is -0.130. The second-order valence-electron chi connectivity index (χ2n) is 4.68. The van der Waals surface area contributed by atoms with Crippen LogP contribution in [0.15, 0.2) is 53.4 Å². The average Bonchev–Trinajstić information content (AvgIpc) is 2.45. The number of hydrogen-bond donors (Lipinski definition) is 1. The van der Waals surface area contributed by atoms with Gasteiger partial charge in [-0.05, 0) is 29.8 Å². The van der Waals surface area contributed by atoms with Crippen molar-refractivity contribution >= 4 is 39.1 Å². The van der Waals surface area contributed by atoms with E-state index in [2.05, 4.69) is 0 Å². The summed E-state index contributed by atoms with van der Waals surface area (Å²) in [7, 11) is -3.28. The van der Waals surface area contributed by atoms with Gasteiger partial charge in [-0.1, -0.05) is 41.9 Å². The van der Waals surface area contributed by atoms with Gasteiger partial charge in [0.1, 0.15) is 0 Å². The molecule has 0 aliphatic heterocycles. The SMILES string of the molecule is CS(=O)(=O)c1ccc(C=C(C(=O)O)c2ccccc2Cl)cc1. The number of benzene rings is 2. The van der Waals surface area contributed by atoms with E-state index >= 15 is 0 Å². The molecule has 0 heterocycles. The van der Waals surface area contributed by atoms with Gasteiger partial charge in [0.25, 0.3) is 0 Å². The molecule has 0 saturated carbocycles. The molecule has 0 amide bonds. The van der Waals surface area contributed by atoms with Crippen LogP contribution in [0.3, 0.4) is 0 Å². The van der Waals surface area contributed by atoms with E-state index in [4.69, 9.17) is 11.6 Å². The quantitative estimate of drug-likeness (QED) is 0.686. The zero-order valence-corrected chi connectivity index (χ0v) is 13.2. The molecule has 114 valence electrons. The predicted molar refractivity (Wildman–Crippen MR) is 86.5 cm³/mol. The molecule has 0 aromatic heterocycles. The molecule has 0 bridgehead atoms. The van der Waals surface area contributed by atoms with Gasteiger partial charge in [-0.15, -0.1) is 0 Å². The Balaban J connectivity index is 2.48. The fourth-order valence-electron chi connectivity index (χ4n) is 1.91. The van der Waals surface area contributed by atoms with Crippen LogP contribution >= 0.6 is 11.6 Å². The number of sulfone groups is 1. The third-order valence-electron chi connectivity index (χ3n) is 3.01. The first kappa shape index (κ1) is 16.3. The largest absolute Gasteiger partial charge is 0.478 e. The van der Waals surface area contributed by atoms with E-state index in [1.165, 1.54) is 18.2 Å². The minimum absolute atomic E-state index is 0.0395. The van der Waals surface area contributed by atoms with Gasteiger partial charge in [-0.3, -0.25) is 0 Å². The van der Waals surface area contributed by atoms with Gasteiger partial charge >= 0.3 is 5.97 Å². The lowest BCUT2D eigenvalue weighted by atomic mass is 10.0. The van der Waals surface area contributed by atoms with Crippen LogP contribution in [0, 0.1) is 0 Å². The minimum Gasteiger partial charge on any atom is -0.478 e. The van der Waals surface area contributed by atoms with Crippen molar-refractivity contribution in [3.05, 3.63) is 64.7 Å². The summed E-state index contributed by atoms with van der Waals surface area (Å²) in [4.78, 5) is 11.6. The Morgan fingerprint density at radius 2 is 1.68 bits per heavy atom. The maximum Gasteiger partial charge on any atom is 0.336 e. The van der Waals surface area contributed by atoms with Crippen molar-refractivity contribution in [1.82, 2.24) is 0 Å². The van der Waals surface area contributed by atoms with Crippen molar-refractivity contribution in [3.8, 4) is 0 Å². The van der Waals surface area contributed by atoms with E-state index in [1.807, 2.05) is 0 Å². The van der Waals surface area contributed by atoms with Crippen LogP contribution in [0.25, 0.3) is 11.6 Å². The van der Waals surface area contributed by atoms with E-state index in [0.29, 0.717) is 16.1 Å². The highest BCUT2D eigenvalue weighted by Gasteiger charge is 2.14.